The van der Waals surface area contributed by atoms with Crippen molar-refractivity contribution < 1.29 is 19.0 Å². The molecule has 0 aliphatic carbocycles. The van der Waals surface area contributed by atoms with E-state index in [1.165, 1.54) is 30.0 Å². The number of nitrogens with zero attached hydrogens (tertiary/aromatic N) is 4. The number of aromatic carboxylic acids is 1. The topological polar surface area (TPSA) is 89.6 Å². The van der Waals surface area contributed by atoms with Crippen LogP contribution in [0.4, 0.5) is 4.39 Å². The average Bonchev–Trinajstić information content (AvgIpc) is 3.04. The molecular formula is C18H11Cl2FN4O3. The number of ether oxygens (including phenoxy) is 1. The molecule has 2 heterocycles. The Morgan fingerprint density at radius 1 is 1.29 bits per heavy atom. The summed E-state index contributed by atoms with van der Waals surface area (Å²) in [6.45, 7) is -0.0328. The van der Waals surface area contributed by atoms with E-state index in [1.807, 2.05) is 0 Å². The van der Waals surface area contributed by atoms with Crippen LogP contribution in [0.2, 0.25) is 10.0 Å². The summed E-state index contributed by atoms with van der Waals surface area (Å²) in [7, 11) is 1.47. The molecule has 0 fully saturated rings. The summed E-state index contributed by atoms with van der Waals surface area (Å²) >= 11 is 12.6. The number of hydrogen-bond acceptors (Lipinski definition) is 5. The van der Waals surface area contributed by atoms with Crippen LogP contribution in [0.25, 0.3) is 5.69 Å². The van der Waals surface area contributed by atoms with Crippen molar-refractivity contribution >= 4 is 34.9 Å². The summed E-state index contributed by atoms with van der Waals surface area (Å²) in [6, 6.07) is 7.40. The van der Waals surface area contributed by atoms with Crippen LogP contribution in [-0.4, -0.2) is 38.7 Å². The molecule has 0 amide bonds. The summed E-state index contributed by atoms with van der Waals surface area (Å²) in [4.78, 5) is 19.7. The van der Waals surface area contributed by atoms with Gasteiger partial charge >= 0.3 is 5.97 Å². The molecule has 0 atom stereocenters. The second-order valence-electron chi connectivity index (χ2n) is 5.83. The number of rotatable bonds is 3. The number of halogens is 3. The van der Waals surface area contributed by atoms with E-state index in [0.717, 1.165) is 0 Å². The van der Waals surface area contributed by atoms with E-state index < -0.39 is 11.8 Å². The minimum Gasteiger partial charge on any atom is -0.497 e. The number of methoxy groups -OCH3 is 1. The van der Waals surface area contributed by atoms with Gasteiger partial charge in [-0.05, 0) is 30.3 Å². The van der Waals surface area contributed by atoms with E-state index in [2.05, 4.69) is 15.1 Å². The Morgan fingerprint density at radius 2 is 2.07 bits per heavy atom. The number of benzene rings is 2. The second kappa shape index (κ2) is 6.88. The summed E-state index contributed by atoms with van der Waals surface area (Å²) < 4.78 is 21.2. The van der Waals surface area contributed by atoms with Crippen molar-refractivity contribution in [3.8, 4) is 11.4 Å². The first kappa shape index (κ1) is 18.4. The van der Waals surface area contributed by atoms with Gasteiger partial charge in [-0.3, -0.25) is 4.99 Å². The van der Waals surface area contributed by atoms with Crippen molar-refractivity contribution in [3.63, 3.8) is 0 Å². The fourth-order valence-corrected chi connectivity index (χ4v) is 3.34. The van der Waals surface area contributed by atoms with Crippen LogP contribution < -0.4 is 4.74 Å². The molecule has 1 aromatic heterocycles. The molecule has 10 heteroatoms. The maximum Gasteiger partial charge on any atom is 0.375 e. The van der Waals surface area contributed by atoms with Gasteiger partial charge in [0.2, 0.25) is 0 Å². The Bertz CT molecular complexity index is 1160. The highest BCUT2D eigenvalue weighted by Crippen LogP contribution is 2.35. The van der Waals surface area contributed by atoms with E-state index in [-0.39, 0.29) is 39.5 Å². The fraction of sp³-hybridized carbons (Fsp3) is 0.111. The first-order valence-electron chi connectivity index (χ1n) is 7.97. The molecular weight excluding hydrogens is 410 g/mol. The zero-order valence-corrected chi connectivity index (χ0v) is 15.8. The molecule has 142 valence electrons. The lowest BCUT2D eigenvalue weighted by Gasteiger charge is -2.14. The lowest BCUT2D eigenvalue weighted by molar-refractivity contribution is 0.0683. The van der Waals surface area contributed by atoms with E-state index in [4.69, 9.17) is 27.9 Å². The van der Waals surface area contributed by atoms with Crippen LogP contribution in [0.15, 0.2) is 35.3 Å². The Hall–Kier alpha value is -2.97. The lowest BCUT2D eigenvalue weighted by Crippen LogP contribution is -2.11. The van der Waals surface area contributed by atoms with E-state index in [0.29, 0.717) is 17.0 Å². The highest BCUT2D eigenvalue weighted by atomic mass is 35.5. The summed E-state index contributed by atoms with van der Waals surface area (Å²) in [5.74, 6) is -1.47. The standard InChI is InChI=1S/C18H11Cl2FN4O3/c1-28-8-2-4-11(21)9(6-8)16-14-12(5-3-10(19)15(14)20)25-13(7-22-16)23-17(24-25)18(26)27/h2-6H,7H2,1H3,(H,26,27). The molecule has 0 spiro atoms. The molecule has 4 rings (SSSR count). The number of carbonyl (C=O) groups is 1. The first-order valence-corrected chi connectivity index (χ1v) is 8.72. The lowest BCUT2D eigenvalue weighted by atomic mass is 9.99. The minimum absolute atomic E-state index is 0.0328. The van der Waals surface area contributed by atoms with Gasteiger partial charge in [-0.25, -0.2) is 18.9 Å². The van der Waals surface area contributed by atoms with Gasteiger partial charge in [-0.15, -0.1) is 5.10 Å². The van der Waals surface area contributed by atoms with E-state index >= 15 is 0 Å². The molecule has 0 saturated carbocycles. The zero-order chi connectivity index (χ0) is 20.0. The number of carboxylic acid groups (broad SMARTS) is 1. The zero-order valence-electron chi connectivity index (χ0n) is 14.3. The van der Waals surface area contributed by atoms with Crippen molar-refractivity contribution in [2.24, 2.45) is 4.99 Å². The first-order chi connectivity index (χ1) is 13.4. The van der Waals surface area contributed by atoms with Crippen molar-refractivity contribution in [2.75, 3.05) is 7.11 Å². The molecule has 1 aliphatic rings. The second-order valence-corrected chi connectivity index (χ2v) is 6.62. The summed E-state index contributed by atoms with van der Waals surface area (Å²) in [6.07, 6.45) is 0. The van der Waals surface area contributed by atoms with Crippen molar-refractivity contribution in [1.82, 2.24) is 14.8 Å². The molecule has 1 N–H and O–H groups in total. The van der Waals surface area contributed by atoms with E-state index in [1.54, 1.807) is 12.1 Å². The molecule has 1 aliphatic heterocycles. The van der Waals surface area contributed by atoms with Crippen LogP contribution in [0, 0.1) is 5.82 Å². The van der Waals surface area contributed by atoms with Crippen LogP contribution in [-0.2, 0) is 6.54 Å². The van der Waals surface area contributed by atoms with Crippen LogP contribution in [0.1, 0.15) is 27.6 Å². The minimum atomic E-state index is -1.27. The Morgan fingerprint density at radius 3 is 2.79 bits per heavy atom. The molecule has 0 bridgehead atoms. The summed E-state index contributed by atoms with van der Waals surface area (Å²) in [5.41, 5.74) is 1.11. The predicted molar refractivity (Wildman–Crippen MR) is 101 cm³/mol. The highest BCUT2D eigenvalue weighted by molar-refractivity contribution is 6.45. The normalized spacial score (nSPS) is 12.6. The maximum absolute atomic E-state index is 14.6. The number of aliphatic imine (C=N–C) groups is 1. The van der Waals surface area contributed by atoms with Crippen LogP contribution >= 0.6 is 23.2 Å². The third kappa shape index (κ3) is 2.90. The van der Waals surface area contributed by atoms with Gasteiger partial charge in [0, 0.05) is 11.1 Å². The van der Waals surface area contributed by atoms with Gasteiger partial charge in [0.25, 0.3) is 5.82 Å². The highest BCUT2D eigenvalue weighted by Gasteiger charge is 2.27. The van der Waals surface area contributed by atoms with Gasteiger partial charge in [-0.2, -0.15) is 0 Å². The van der Waals surface area contributed by atoms with Gasteiger partial charge in [0.05, 0.1) is 35.1 Å². The average molecular weight is 421 g/mol. The molecule has 7 nitrogen and oxygen atoms in total. The number of hydrogen-bond donors (Lipinski definition) is 1. The van der Waals surface area contributed by atoms with Gasteiger partial charge in [0.15, 0.2) is 5.82 Å². The Kier molecular flexibility index (Phi) is 4.52. The van der Waals surface area contributed by atoms with Gasteiger partial charge in [0.1, 0.15) is 11.6 Å². The van der Waals surface area contributed by atoms with Crippen LogP contribution in [0.3, 0.4) is 0 Å². The third-order valence-electron chi connectivity index (χ3n) is 4.21. The molecule has 28 heavy (non-hydrogen) atoms. The largest absolute Gasteiger partial charge is 0.497 e. The fourth-order valence-electron chi connectivity index (χ4n) is 2.93. The molecule has 0 unspecified atom stereocenters. The predicted octanol–water partition coefficient (Wildman–Crippen LogP) is 3.77. The quantitative estimate of drug-likeness (QED) is 0.696. The molecule has 0 radical (unpaired) electrons. The molecule has 2 aromatic carbocycles. The monoisotopic (exact) mass is 420 g/mol. The van der Waals surface area contributed by atoms with Crippen molar-refractivity contribution in [2.45, 2.75) is 6.54 Å². The van der Waals surface area contributed by atoms with Crippen molar-refractivity contribution in [3.05, 3.63) is 69.0 Å². The van der Waals surface area contributed by atoms with Gasteiger partial charge in [-0.1, -0.05) is 23.2 Å². The molecule has 0 saturated heterocycles. The Balaban J connectivity index is 2.02. The maximum atomic E-state index is 14.6. The Labute approximate surface area is 168 Å². The number of carboxylic acids is 1. The van der Waals surface area contributed by atoms with Crippen molar-refractivity contribution in [1.29, 1.82) is 0 Å². The SMILES string of the molecule is COc1ccc(F)c(C2=NCc3nc(C(=O)O)nn3-c3ccc(Cl)c(Cl)c32)c1. The number of aromatic nitrogens is 3. The molecule has 3 aromatic rings. The number of fused-ring (bicyclic) bond motifs is 3. The summed E-state index contributed by atoms with van der Waals surface area (Å²) in [5, 5.41) is 13.6. The van der Waals surface area contributed by atoms with Crippen LogP contribution in [0.5, 0.6) is 5.75 Å². The smallest absolute Gasteiger partial charge is 0.375 e. The third-order valence-corrected chi connectivity index (χ3v) is 5.01. The van der Waals surface area contributed by atoms with Gasteiger partial charge < -0.3 is 9.84 Å². The van der Waals surface area contributed by atoms with E-state index in [9.17, 15) is 14.3 Å².